The molecule has 0 aliphatic rings. The molecule has 0 fully saturated rings. The molecular formula is C16H27N3O. The van der Waals surface area contributed by atoms with E-state index in [1.807, 2.05) is 18.2 Å². The molecule has 0 aromatic heterocycles. The summed E-state index contributed by atoms with van der Waals surface area (Å²) in [6, 6.07) is 8.02. The van der Waals surface area contributed by atoms with Gasteiger partial charge in [0.2, 0.25) is 5.91 Å². The molecule has 1 rings (SSSR count). The van der Waals surface area contributed by atoms with Crippen LogP contribution in [0.1, 0.15) is 25.3 Å². The van der Waals surface area contributed by atoms with Crippen molar-refractivity contribution in [3.63, 3.8) is 0 Å². The summed E-state index contributed by atoms with van der Waals surface area (Å²) < 4.78 is 0. The molecule has 0 radical (unpaired) electrons. The second-order valence-corrected chi connectivity index (χ2v) is 5.41. The molecule has 1 amide bonds. The van der Waals surface area contributed by atoms with Crippen LogP contribution in [0.25, 0.3) is 0 Å². The van der Waals surface area contributed by atoms with Crippen LogP contribution in [0.2, 0.25) is 0 Å². The third kappa shape index (κ3) is 6.06. The molecule has 0 saturated heterocycles. The topological polar surface area (TPSA) is 49.6 Å². The second kappa shape index (κ2) is 8.59. The normalized spacial score (nSPS) is 10.8. The number of hydrogen-bond acceptors (Lipinski definition) is 3. The lowest BCUT2D eigenvalue weighted by Gasteiger charge is -2.22. The average Bonchev–Trinajstić information content (AvgIpc) is 2.38. The Balaban J connectivity index is 2.40. The molecule has 0 heterocycles. The zero-order valence-electron chi connectivity index (χ0n) is 12.9. The number of anilines is 1. The Hall–Kier alpha value is -1.55. The summed E-state index contributed by atoms with van der Waals surface area (Å²) in [5.41, 5.74) is 7.86. The standard InChI is InChI=1S/C16H27N3O/c1-4-10-19(13-16(20)18(2)3)11-6-8-14-7-5-9-15(17)12-14/h5,7,9,12H,4,6,8,10-11,13,17H2,1-3H3. The van der Waals surface area contributed by atoms with E-state index < -0.39 is 0 Å². The number of aryl methyl sites for hydroxylation is 1. The number of carbonyl (C=O) groups is 1. The monoisotopic (exact) mass is 277 g/mol. The summed E-state index contributed by atoms with van der Waals surface area (Å²) in [5, 5.41) is 0. The summed E-state index contributed by atoms with van der Waals surface area (Å²) in [4.78, 5) is 15.7. The molecule has 0 spiro atoms. The van der Waals surface area contributed by atoms with E-state index in [0.717, 1.165) is 38.0 Å². The van der Waals surface area contributed by atoms with Crippen LogP contribution in [-0.4, -0.2) is 49.4 Å². The van der Waals surface area contributed by atoms with Crippen molar-refractivity contribution < 1.29 is 4.79 Å². The molecule has 0 aliphatic carbocycles. The molecule has 1 aromatic carbocycles. The SMILES string of the molecule is CCCN(CCCc1cccc(N)c1)CC(=O)N(C)C. The van der Waals surface area contributed by atoms with Crippen molar-refractivity contribution >= 4 is 11.6 Å². The Kier molecular flexibility index (Phi) is 7.09. The highest BCUT2D eigenvalue weighted by atomic mass is 16.2. The van der Waals surface area contributed by atoms with E-state index in [-0.39, 0.29) is 5.91 Å². The maximum absolute atomic E-state index is 11.8. The second-order valence-electron chi connectivity index (χ2n) is 5.41. The Morgan fingerprint density at radius 2 is 2.00 bits per heavy atom. The molecule has 20 heavy (non-hydrogen) atoms. The fourth-order valence-corrected chi connectivity index (χ4v) is 2.17. The van der Waals surface area contributed by atoms with Gasteiger partial charge in [0, 0.05) is 19.8 Å². The van der Waals surface area contributed by atoms with Crippen LogP contribution in [-0.2, 0) is 11.2 Å². The molecule has 4 nitrogen and oxygen atoms in total. The predicted octanol–water partition coefficient (Wildman–Crippen LogP) is 2.00. The molecule has 4 heteroatoms. The molecule has 0 atom stereocenters. The van der Waals surface area contributed by atoms with E-state index in [1.54, 1.807) is 19.0 Å². The lowest BCUT2D eigenvalue weighted by Crippen LogP contribution is -2.37. The van der Waals surface area contributed by atoms with Crippen molar-refractivity contribution in [2.45, 2.75) is 26.2 Å². The zero-order valence-corrected chi connectivity index (χ0v) is 12.9. The zero-order chi connectivity index (χ0) is 15.0. The third-order valence-electron chi connectivity index (χ3n) is 3.29. The number of carbonyl (C=O) groups excluding carboxylic acids is 1. The van der Waals surface area contributed by atoms with Crippen LogP contribution in [0.5, 0.6) is 0 Å². The van der Waals surface area contributed by atoms with Gasteiger partial charge in [-0.1, -0.05) is 19.1 Å². The quantitative estimate of drug-likeness (QED) is 0.739. The number of nitrogens with zero attached hydrogens (tertiary/aromatic N) is 2. The van der Waals surface area contributed by atoms with E-state index in [1.165, 1.54) is 5.56 Å². The van der Waals surface area contributed by atoms with E-state index in [9.17, 15) is 4.79 Å². The number of hydrogen-bond donors (Lipinski definition) is 1. The van der Waals surface area contributed by atoms with Gasteiger partial charge in [-0.05, 0) is 50.0 Å². The van der Waals surface area contributed by atoms with Crippen molar-refractivity contribution in [1.29, 1.82) is 0 Å². The molecule has 112 valence electrons. The van der Waals surface area contributed by atoms with Gasteiger partial charge in [0.25, 0.3) is 0 Å². The largest absolute Gasteiger partial charge is 0.399 e. The predicted molar refractivity (Wildman–Crippen MR) is 84.6 cm³/mol. The van der Waals surface area contributed by atoms with Crippen molar-refractivity contribution in [2.75, 3.05) is 39.5 Å². The van der Waals surface area contributed by atoms with Gasteiger partial charge in [-0.3, -0.25) is 9.69 Å². The van der Waals surface area contributed by atoms with E-state index >= 15 is 0 Å². The van der Waals surface area contributed by atoms with Gasteiger partial charge in [-0.25, -0.2) is 0 Å². The van der Waals surface area contributed by atoms with Crippen LogP contribution in [0.15, 0.2) is 24.3 Å². The van der Waals surface area contributed by atoms with Gasteiger partial charge in [-0.2, -0.15) is 0 Å². The first-order valence-electron chi connectivity index (χ1n) is 7.30. The van der Waals surface area contributed by atoms with Crippen LogP contribution in [0, 0.1) is 0 Å². The maximum atomic E-state index is 11.8. The van der Waals surface area contributed by atoms with Crippen molar-refractivity contribution in [1.82, 2.24) is 9.80 Å². The molecule has 0 saturated carbocycles. The highest BCUT2D eigenvalue weighted by Crippen LogP contribution is 2.09. The van der Waals surface area contributed by atoms with E-state index in [0.29, 0.717) is 6.54 Å². The maximum Gasteiger partial charge on any atom is 0.236 e. The third-order valence-corrected chi connectivity index (χ3v) is 3.29. The van der Waals surface area contributed by atoms with E-state index in [2.05, 4.69) is 17.9 Å². The molecule has 0 aliphatic heterocycles. The minimum absolute atomic E-state index is 0.169. The Labute approximate surface area is 122 Å². The summed E-state index contributed by atoms with van der Waals surface area (Å²) >= 11 is 0. The number of benzene rings is 1. The van der Waals surface area contributed by atoms with Crippen LogP contribution < -0.4 is 5.73 Å². The molecule has 2 N–H and O–H groups in total. The summed E-state index contributed by atoms with van der Waals surface area (Å²) in [6.07, 6.45) is 3.12. The van der Waals surface area contributed by atoms with Gasteiger partial charge >= 0.3 is 0 Å². The Morgan fingerprint density at radius 1 is 1.25 bits per heavy atom. The highest BCUT2D eigenvalue weighted by molar-refractivity contribution is 5.77. The Morgan fingerprint density at radius 3 is 2.60 bits per heavy atom. The Bertz CT molecular complexity index is 418. The minimum Gasteiger partial charge on any atom is -0.399 e. The lowest BCUT2D eigenvalue weighted by atomic mass is 10.1. The summed E-state index contributed by atoms with van der Waals surface area (Å²) in [5.74, 6) is 0.169. The minimum atomic E-state index is 0.169. The number of nitrogen functional groups attached to an aromatic ring is 1. The van der Waals surface area contributed by atoms with Gasteiger partial charge in [0.05, 0.1) is 6.54 Å². The summed E-state index contributed by atoms with van der Waals surface area (Å²) in [7, 11) is 3.61. The van der Waals surface area contributed by atoms with Crippen LogP contribution in [0.4, 0.5) is 5.69 Å². The van der Waals surface area contributed by atoms with Crippen molar-refractivity contribution in [3.8, 4) is 0 Å². The van der Waals surface area contributed by atoms with Gasteiger partial charge in [0.1, 0.15) is 0 Å². The number of nitrogens with two attached hydrogens (primary N) is 1. The smallest absolute Gasteiger partial charge is 0.236 e. The first-order valence-corrected chi connectivity index (χ1v) is 7.30. The first kappa shape index (κ1) is 16.5. The molecular weight excluding hydrogens is 250 g/mol. The number of likely N-dealkylation sites (N-methyl/N-ethyl adjacent to an activating group) is 1. The van der Waals surface area contributed by atoms with Crippen LogP contribution >= 0.6 is 0 Å². The summed E-state index contributed by atoms with van der Waals surface area (Å²) in [6.45, 7) is 4.57. The fraction of sp³-hybridized carbons (Fsp3) is 0.562. The van der Waals surface area contributed by atoms with Gasteiger partial charge in [-0.15, -0.1) is 0 Å². The van der Waals surface area contributed by atoms with Crippen molar-refractivity contribution in [2.24, 2.45) is 0 Å². The average molecular weight is 277 g/mol. The molecule has 1 aromatic rings. The van der Waals surface area contributed by atoms with Crippen molar-refractivity contribution in [3.05, 3.63) is 29.8 Å². The van der Waals surface area contributed by atoms with E-state index in [4.69, 9.17) is 5.73 Å². The fourth-order valence-electron chi connectivity index (χ4n) is 2.17. The molecule has 0 bridgehead atoms. The number of amides is 1. The number of rotatable bonds is 8. The van der Waals surface area contributed by atoms with Gasteiger partial charge in [0.15, 0.2) is 0 Å². The van der Waals surface area contributed by atoms with Gasteiger partial charge < -0.3 is 10.6 Å². The highest BCUT2D eigenvalue weighted by Gasteiger charge is 2.11. The molecule has 0 unspecified atom stereocenters. The lowest BCUT2D eigenvalue weighted by molar-refractivity contribution is -0.129. The van der Waals surface area contributed by atoms with Crippen LogP contribution in [0.3, 0.4) is 0 Å². The first-order chi connectivity index (χ1) is 9.52.